The smallest absolute Gasteiger partial charge is 0.203 e. The van der Waals surface area contributed by atoms with Gasteiger partial charge in [0.15, 0.2) is 11.5 Å². The average molecular weight is 276 g/mol. The standard InChI is InChI=1S/C10H15NO3.C5H5N/c1-11-7-5-8(12-2)10(14-4)9(6-7)13-3;1-2-4-6-5-3-1/h5-6,11H,1-4H3;1-5H. The van der Waals surface area contributed by atoms with E-state index in [2.05, 4.69) is 10.3 Å². The Hall–Kier alpha value is -2.43. The van der Waals surface area contributed by atoms with Crippen LogP contribution in [0.2, 0.25) is 0 Å². The van der Waals surface area contributed by atoms with E-state index in [4.69, 9.17) is 14.2 Å². The molecule has 0 radical (unpaired) electrons. The number of hydrogen-bond donors (Lipinski definition) is 1. The monoisotopic (exact) mass is 276 g/mol. The molecule has 2 rings (SSSR count). The molecule has 0 aliphatic heterocycles. The third-order valence-corrected chi connectivity index (χ3v) is 2.52. The molecule has 1 heterocycles. The van der Waals surface area contributed by atoms with Crippen LogP contribution in [0.15, 0.2) is 42.7 Å². The van der Waals surface area contributed by atoms with Crippen LogP contribution in [0.1, 0.15) is 0 Å². The molecule has 0 saturated carbocycles. The van der Waals surface area contributed by atoms with Gasteiger partial charge in [-0.3, -0.25) is 4.98 Å². The molecule has 5 heteroatoms. The predicted octanol–water partition coefficient (Wildman–Crippen LogP) is 2.84. The number of methoxy groups -OCH3 is 3. The lowest BCUT2D eigenvalue weighted by atomic mass is 10.2. The van der Waals surface area contributed by atoms with Gasteiger partial charge in [-0.25, -0.2) is 0 Å². The van der Waals surface area contributed by atoms with E-state index in [0.717, 1.165) is 5.69 Å². The Bertz CT molecular complexity index is 452. The fraction of sp³-hybridized carbons (Fsp3) is 0.267. The number of nitrogens with one attached hydrogen (secondary N) is 1. The molecule has 0 aliphatic carbocycles. The number of benzene rings is 1. The number of ether oxygens (including phenoxy) is 3. The quantitative estimate of drug-likeness (QED) is 0.930. The SMILES string of the molecule is CNc1cc(OC)c(OC)c(OC)c1.c1ccncc1. The Morgan fingerprint density at radius 2 is 1.40 bits per heavy atom. The predicted molar refractivity (Wildman–Crippen MR) is 79.9 cm³/mol. The third kappa shape index (κ3) is 4.35. The lowest BCUT2D eigenvalue weighted by molar-refractivity contribution is 0.324. The van der Waals surface area contributed by atoms with E-state index in [-0.39, 0.29) is 0 Å². The molecule has 0 amide bonds. The number of rotatable bonds is 4. The minimum atomic E-state index is 0.606. The van der Waals surface area contributed by atoms with Gasteiger partial charge in [-0.2, -0.15) is 0 Å². The number of hydrogen-bond acceptors (Lipinski definition) is 5. The second kappa shape index (κ2) is 8.63. The van der Waals surface area contributed by atoms with Crippen LogP contribution in [0, 0.1) is 0 Å². The Morgan fingerprint density at radius 1 is 0.850 bits per heavy atom. The van der Waals surface area contributed by atoms with Crippen molar-refractivity contribution in [3.8, 4) is 17.2 Å². The minimum Gasteiger partial charge on any atom is -0.493 e. The van der Waals surface area contributed by atoms with Gasteiger partial charge in [-0.15, -0.1) is 0 Å². The highest BCUT2D eigenvalue weighted by Gasteiger charge is 2.11. The van der Waals surface area contributed by atoms with Gasteiger partial charge >= 0.3 is 0 Å². The Kier molecular flexibility index (Phi) is 6.75. The van der Waals surface area contributed by atoms with Crippen molar-refractivity contribution >= 4 is 5.69 Å². The summed E-state index contributed by atoms with van der Waals surface area (Å²) in [5, 5.41) is 3.01. The van der Waals surface area contributed by atoms with Gasteiger partial charge in [0.05, 0.1) is 21.3 Å². The molecule has 1 N–H and O–H groups in total. The van der Waals surface area contributed by atoms with Crippen LogP contribution < -0.4 is 19.5 Å². The van der Waals surface area contributed by atoms with Crippen LogP contribution in [0.5, 0.6) is 17.2 Å². The van der Waals surface area contributed by atoms with Crippen molar-refractivity contribution in [3.05, 3.63) is 42.7 Å². The van der Waals surface area contributed by atoms with Gasteiger partial charge in [0, 0.05) is 37.3 Å². The lowest BCUT2D eigenvalue weighted by Crippen LogP contribution is -1.97. The molecule has 5 nitrogen and oxygen atoms in total. The molecule has 20 heavy (non-hydrogen) atoms. The largest absolute Gasteiger partial charge is 0.493 e. The Labute approximate surface area is 119 Å². The summed E-state index contributed by atoms with van der Waals surface area (Å²) in [5.41, 5.74) is 0.916. The zero-order chi connectivity index (χ0) is 14.8. The second-order valence-electron chi connectivity index (χ2n) is 3.69. The van der Waals surface area contributed by atoms with Crippen molar-refractivity contribution < 1.29 is 14.2 Å². The summed E-state index contributed by atoms with van der Waals surface area (Å²) < 4.78 is 15.5. The third-order valence-electron chi connectivity index (χ3n) is 2.52. The normalized spacial score (nSPS) is 9.00. The molecule has 0 spiro atoms. The summed E-state index contributed by atoms with van der Waals surface area (Å²) in [6, 6.07) is 9.41. The molecule has 0 unspecified atom stereocenters. The fourth-order valence-corrected chi connectivity index (χ4v) is 1.54. The maximum absolute atomic E-state index is 5.18. The van der Waals surface area contributed by atoms with Crippen molar-refractivity contribution in [2.24, 2.45) is 0 Å². The molecular formula is C15H20N2O3. The van der Waals surface area contributed by atoms with Gasteiger partial charge < -0.3 is 19.5 Å². The highest BCUT2D eigenvalue weighted by Crippen LogP contribution is 2.39. The van der Waals surface area contributed by atoms with Crippen LogP contribution in [0.25, 0.3) is 0 Å². The van der Waals surface area contributed by atoms with Gasteiger partial charge in [-0.05, 0) is 12.1 Å². The van der Waals surface area contributed by atoms with E-state index in [1.165, 1.54) is 0 Å². The van der Waals surface area contributed by atoms with Crippen LogP contribution in [-0.4, -0.2) is 33.4 Å². The zero-order valence-corrected chi connectivity index (χ0v) is 12.2. The van der Waals surface area contributed by atoms with Crippen LogP contribution >= 0.6 is 0 Å². The van der Waals surface area contributed by atoms with Crippen LogP contribution in [-0.2, 0) is 0 Å². The highest BCUT2D eigenvalue weighted by molar-refractivity contribution is 5.62. The molecule has 0 aliphatic rings. The maximum Gasteiger partial charge on any atom is 0.203 e. The molecule has 0 bridgehead atoms. The summed E-state index contributed by atoms with van der Waals surface area (Å²) in [7, 11) is 6.60. The van der Waals surface area contributed by atoms with Crippen molar-refractivity contribution in [1.82, 2.24) is 4.98 Å². The lowest BCUT2D eigenvalue weighted by Gasteiger charge is -2.13. The molecule has 2 aromatic rings. The van der Waals surface area contributed by atoms with Crippen molar-refractivity contribution in [1.29, 1.82) is 0 Å². The second-order valence-corrected chi connectivity index (χ2v) is 3.69. The first-order valence-electron chi connectivity index (χ1n) is 6.09. The molecule has 108 valence electrons. The number of nitrogens with zero attached hydrogens (tertiary/aromatic N) is 1. The average Bonchev–Trinajstić information content (AvgIpc) is 2.55. The molecule has 0 fully saturated rings. The minimum absolute atomic E-state index is 0.606. The Morgan fingerprint density at radius 3 is 1.65 bits per heavy atom. The summed E-state index contributed by atoms with van der Waals surface area (Å²) >= 11 is 0. The van der Waals surface area contributed by atoms with E-state index in [1.54, 1.807) is 33.7 Å². The number of anilines is 1. The van der Waals surface area contributed by atoms with Crippen molar-refractivity contribution in [2.75, 3.05) is 33.7 Å². The van der Waals surface area contributed by atoms with Gasteiger partial charge in [0.2, 0.25) is 5.75 Å². The van der Waals surface area contributed by atoms with Crippen molar-refractivity contribution in [2.45, 2.75) is 0 Å². The van der Waals surface area contributed by atoms with Crippen LogP contribution in [0.4, 0.5) is 5.69 Å². The zero-order valence-electron chi connectivity index (χ0n) is 12.2. The first-order chi connectivity index (χ1) is 9.76. The number of pyridine rings is 1. The Balaban J connectivity index is 0.000000276. The first-order valence-corrected chi connectivity index (χ1v) is 6.09. The maximum atomic E-state index is 5.18. The van der Waals surface area contributed by atoms with Gasteiger partial charge in [0.1, 0.15) is 0 Å². The van der Waals surface area contributed by atoms with E-state index in [9.17, 15) is 0 Å². The van der Waals surface area contributed by atoms with Gasteiger partial charge in [0.25, 0.3) is 0 Å². The summed E-state index contributed by atoms with van der Waals surface area (Å²) in [6.45, 7) is 0. The van der Waals surface area contributed by atoms with E-state index < -0.39 is 0 Å². The highest BCUT2D eigenvalue weighted by atomic mass is 16.5. The summed E-state index contributed by atoms with van der Waals surface area (Å²) in [6.07, 6.45) is 3.50. The molecule has 1 aromatic heterocycles. The molecule has 1 aromatic carbocycles. The first kappa shape index (κ1) is 15.6. The molecule has 0 atom stereocenters. The fourth-order valence-electron chi connectivity index (χ4n) is 1.54. The summed E-state index contributed by atoms with van der Waals surface area (Å²) in [4.78, 5) is 3.78. The topological polar surface area (TPSA) is 52.6 Å². The molecular weight excluding hydrogens is 256 g/mol. The summed E-state index contributed by atoms with van der Waals surface area (Å²) in [5.74, 6) is 1.90. The van der Waals surface area contributed by atoms with E-state index in [0.29, 0.717) is 17.2 Å². The van der Waals surface area contributed by atoms with Gasteiger partial charge in [-0.1, -0.05) is 6.07 Å². The van der Waals surface area contributed by atoms with E-state index >= 15 is 0 Å². The number of aromatic nitrogens is 1. The van der Waals surface area contributed by atoms with Crippen LogP contribution in [0.3, 0.4) is 0 Å². The van der Waals surface area contributed by atoms with E-state index in [1.807, 2.05) is 37.4 Å². The van der Waals surface area contributed by atoms with Crippen molar-refractivity contribution in [3.63, 3.8) is 0 Å². The molecule has 0 saturated heterocycles.